The van der Waals surface area contributed by atoms with Gasteiger partial charge in [0.1, 0.15) is 5.25 Å². The van der Waals surface area contributed by atoms with E-state index < -0.39 is 21.2 Å². The second kappa shape index (κ2) is 6.83. The minimum absolute atomic E-state index is 0.00568. The van der Waals surface area contributed by atoms with Crippen molar-refractivity contribution in [2.24, 2.45) is 5.92 Å². The molecule has 0 bridgehead atoms. The van der Waals surface area contributed by atoms with E-state index in [1.54, 1.807) is 0 Å². The molecule has 0 spiro atoms. The van der Waals surface area contributed by atoms with Crippen molar-refractivity contribution in [1.82, 2.24) is 4.72 Å². The van der Waals surface area contributed by atoms with Crippen molar-refractivity contribution in [2.45, 2.75) is 31.9 Å². The summed E-state index contributed by atoms with van der Waals surface area (Å²) in [5.41, 5.74) is 2.07. The summed E-state index contributed by atoms with van der Waals surface area (Å²) in [6.45, 7) is 3.81. The van der Waals surface area contributed by atoms with Crippen LogP contribution in [0.25, 0.3) is 0 Å². The molecule has 1 heterocycles. The normalized spacial score (nSPS) is 19.6. The quantitative estimate of drug-likeness (QED) is 0.902. The van der Waals surface area contributed by atoms with Crippen molar-refractivity contribution in [3.8, 4) is 0 Å². The van der Waals surface area contributed by atoms with Gasteiger partial charge in [-0.3, -0.25) is 9.52 Å². The Morgan fingerprint density at radius 2 is 2.14 bits per heavy atom. The van der Waals surface area contributed by atoms with Crippen molar-refractivity contribution in [2.75, 3.05) is 11.5 Å². The molecule has 0 saturated heterocycles. The minimum atomic E-state index is -3.56. The summed E-state index contributed by atoms with van der Waals surface area (Å²) >= 11 is 1.50. The van der Waals surface area contributed by atoms with Crippen molar-refractivity contribution in [3.63, 3.8) is 0 Å². The van der Waals surface area contributed by atoms with Gasteiger partial charge < -0.3 is 0 Å². The lowest BCUT2D eigenvalue weighted by molar-refractivity contribution is -0.118. The highest BCUT2D eigenvalue weighted by molar-refractivity contribution is 8.00. The highest BCUT2D eigenvalue weighted by Crippen LogP contribution is 2.36. The first-order valence-electron chi connectivity index (χ1n) is 7.16. The first kappa shape index (κ1) is 16.4. The van der Waals surface area contributed by atoms with E-state index >= 15 is 0 Å². The highest BCUT2D eigenvalue weighted by atomic mass is 32.2. The van der Waals surface area contributed by atoms with Crippen LogP contribution in [-0.4, -0.2) is 25.8 Å². The van der Waals surface area contributed by atoms with E-state index in [1.165, 1.54) is 11.8 Å². The van der Waals surface area contributed by atoms with E-state index in [0.29, 0.717) is 0 Å². The summed E-state index contributed by atoms with van der Waals surface area (Å²) in [7, 11) is -3.56. The molecule has 6 heteroatoms. The van der Waals surface area contributed by atoms with Gasteiger partial charge in [-0.15, -0.1) is 11.8 Å². The van der Waals surface area contributed by atoms with E-state index in [0.717, 1.165) is 29.7 Å². The first-order chi connectivity index (χ1) is 9.93. The second-order valence-electron chi connectivity index (χ2n) is 5.46. The summed E-state index contributed by atoms with van der Waals surface area (Å²) in [5.74, 6) is 0.450. The third-order valence-electron chi connectivity index (χ3n) is 3.69. The van der Waals surface area contributed by atoms with Crippen LogP contribution in [0.2, 0.25) is 0 Å². The summed E-state index contributed by atoms with van der Waals surface area (Å²) in [5, 5.41) is -0.429. The summed E-state index contributed by atoms with van der Waals surface area (Å²) in [6, 6.07) is 7.75. The maximum absolute atomic E-state index is 12.3. The fraction of sp³-hybridized carbons (Fsp3) is 0.533. The Labute approximate surface area is 130 Å². The van der Waals surface area contributed by atoms with E-state index in [-0.39, 0.29) is 11.7 Å². The van der Waals surface area contributed by atoms with Crippen LogP contribution in [0.3, 0.4) is 0 Å². The molecule has 0 aliphatic carbocycles. The molecule has 0 saturated carbocycles. The molecule has 1 aliphatic rings. The molecule has 0 aromatic heterocycles. The number of amides is 1. The fourth-order valence-corrected chi connectivity index (χ4v) is 5.11. The molecule has 1 aromatic carbocycles. The number of benzene rings is 1. The number of fused-ring (bicyclic) bond motifs is 1. The Morgan fingerprint density at radius 1 is 1.43 bits per heavy atom. The van der Waals surface area contributed by atoms with Crippen LogP contribution in [0.15, 0.2) is 24.3 Å². The van der Waals surface area contributed by atoms with Gasteiger partial charge in [0.25, 0.3) is 5.91 Å². The molecule has 1 aliphatic heterocycles. The lowest BCUT2D eigenvalue weighted by Gasteiger charge is -2.24. The Morgan fingerprint density at radius 3 is 2.86 bits per heavy atom. The molecular formula is C15H21NO3S2. The molecule has 0 radical (unpaired) electrons. The van der Waals surface area contributed by atoms with Gasteiger partial charge in [-0.1, -0.05) is 44.5 Å². The smallest absolute Gasteiger partial charge is 0.251 e. The zero-order valence-electron chi connectivity index (χ0n) is 12.3. The molecule has 0 unspecified atom stereocenters. The predicted molar refractivity (Wildman–Crippen MR) is 86.7 cm³/mol. The van der Waals surface area contributed by atoms with Crippen LogP contribution in [0.1, 0.15) is 36.6 Å². The zero-order valence-corrected chi connectivity index (χ0v) is 14.0. The van der Waals surface area contributed by atoms with Crippen molar-refractivity contribution < 1.29 is 13.2 Å². The largest absolute Gasteiger partial charge is 0.272 e. The van der Waals surface area contributed by atoms with Gasteiger partial charge in [-0.05, 0) is 29.2 Å². The Kier molecular flexibility index (Phi) is 5.32. The maximum atomic E-state index is 12.3. The third kappa shape index (κ3) is 4.23. The zero-order chi connectivity index (χ0) is 15.5. The molecule has 1 aromatic rings. The minimum Gasteiger partial charge on any atom is -0.272 e. The molecule has 1 amide bonds. The van der Waals surface area contributed by atoms with Gasteiger partial charge >= 0.3 is 0 Å². The van der Waals surface area contributed by atoms with Gasteiger partial charge in [0, 0.05) is 0 Å². The monoisotopic (exact) mass is 327 g/mol. The average molecular weight is 327 g/mol. The molecule has 116 valence electrons. The number of rotatable bonds is 5. The molecule has 4 nitrogen and oxygen atoms in total. The van der Waals surface area contributed by atoms with Gasteiger partial charge in [0.05, 0.1) is 5.75 Å². The molecule has 0 fully saturated rings. The molecule has 2 atom stereocenters. The van der Waals surface area contributed by atoms with Crippen LogP contribution in [0, 0.1) is 5.92 Å². The van der Waals surface area contributed by atoms with E-state index in [4.69, 9.17) is 0 Å². The van der Waals surface area contributed by atoms with Gasteiger partial charge in [0.2, 0.25) is 10.0 Å². The summed E-state index contributed by atoms with van der Waals surface area (Å²) in [6.07, 6.45) is 1.69. The van der Waals surface area contributed by atoms with Crippen molar-refractivity contribution in [3.05, 3.63) is 35.4 Å². The Balaban J connectivity index is 2.12. The number of nitrogens with one attached hydrogen (secondary N) is 1. The predicted octanol–water partition coefficient (Wildman–Crippen LogP) is 2.51. The summed E-state index contributed by atoms with van der Waals surface area (Å²) < 4.78 is 26.3. The maximum Gasteiger partial charge on any atom is 0.251 e. The molecule has 1 N–H and O–H groups in total. The van der Waals surface area contributed by atoms with E-state index in [1.807, 2.05) is 38.1 Å². The number of hydrogen-bond donors (Lipinski definition) is 1. The van der Waals surface area contributed by atoms with E-state index in [9.17, 15) is 13.2 Å². The fourth-order valence-electron chi connectivity index (χ4n) is 2.35. The lowest BCUT2D eigenvalue weighted by Crippen LogP contribution is -2.37. The van der Waals surface area contributed by atoms with Gasteiger partial charge in [0.15, 0.2) is 0 Å². The van der Waals surface area contributed by atoms with Crippen molar-refractivity contribution >= 4 is 27.7 Å². The van der Waals surface area contributed by atoms with Crippen LogP contribution in [-0.2, 0) is 21.2 Å². The highest BCUT2D eigenvalue weighted by Gasteiger charge is 2.29. The molecule has 21 heavy (non-hydrogen) atoms. The number of aryl methyl sites for hydroxylation is 1. The van der Waals surface area contributed by atoms with Crippen LogP contribution in [0.5, 0.6) is 0 Å². The van der Waals surface area contributed by atoms with Crippen molar-refractivity contribution in [1.29, 1.82) is 0 Å². The first-order valence-corrected chi connectivity index (χ1v) is 9.86. The second-order valence-corrected chi connectivity index (χ2v) is 8.44. The van der Waals surface area contributed by atoms with Crippen LogP contribution >= 0.6 is 11.8 Å². The Hall–Kier alpha value is -1.01. The SMILES string of the molecule is CC[C@@H](C)CS(=O)(=O)NC(=O)[C@@H]1SCCc2ccccc21. The van der Waals surface area contributed by atoms with Crippen LogP contribution < -0.4 is 4.72 Å². The number of carbonyl (C=O) groups is 1. The molecule has 2 rings (SSSR count). The lowest BCUT2D eigenvalue weighted by atomic mass is 10.0. The topological polar surface area (TPSA) is 63.2 Å². The average Bonchev–Trinajstić information content (AvgIpc) is 2.45. The Bertz CT molecular complexity index is 613. The summed E-state index contributed by atoms with van der Waals surface area (Å²) in [4.78, 5) is 12.3. The number of carbonyl (C=O) groups excluding carboxylic acids is 1. The molecular weight excluding hydrogens is 306 g/mol. The third-order valence-corrected chi connectivity index (χ3v) is 6.45. The van der Waals surface area contributed by atoms with Gasteiger partial charge in [-0.2, -0.15) is 0 Å². The standard InChI is InChI=1S/C15H21NO3S2/c1-3-11(2)10-21(18,19)16-15(17)14-13-7-5-4-6-12(13)8-9-20-14/h4-7,11,14H,3,8-10H2,1-2H3,(H,16,17)/t11-,14-/m1/s1. The van der Waals surface area contributed by atoms with E-state index in [2.05, 4.69) is 4.72 Å². The number of thioether (sulfide) groups is 1. The van der Waals surface area contributed by atoms with Crippen LogP contribution in [0.4, 0.5) is 0 Å². The van der Waals surface area contributed by atoms with Gasteiger partial charge in [-0.25, -0.2) is 8.42 Å². The number of sulfonamides is 1. The number of hydrogen-bond acceptors (Lipinski definition) is 4.